The molecule has 20 heavy (non-hydrogen) atoms. The van der Waals surface area contributed by atoms with E-state index in [1.807, 2.05) is 30.3 Å². The number of nitrogens with two attached hydrogens (primary N) is 1. The first-order chi connectivity index (χ1) is 9.60. The van der Waals surface area contributed by atoms with Crippen molar-refractivity contribution in [3.05, 3.63) is 53.1 Å². The van der Waals surface area contributed by atoms with E-state index in [0.29, 0.717) is 22.9 Å². The van der Waals surface area contributed by atoms with Crippen molar-refractivity contribution in [2.75, 3.05) is 12.3 Å². The van der Waals surface area contributed by atoms with Gasteiger partial charge in [0.05, 0.1) is 12.2 Å². The van der Waals surface area contributed by atoms with Gasteiger partial charge in [-0.3, -0.25) is 0 Å². The number of benzene rings is 2. The molecule has 0 aliphatic carbocycles. The smallest absolute Gasteiger partial charge is 0.338 e. The molecule has 0 bridgehead atoms. The van der Waals surface area contributed by atoms with Crippen LogP contribution >= 0.6 is 23.4 Å². The average Bonchev–Trinajstić information content (AvgIpc) is 2.43. The number of hydrogen-bond acceptors (Lipinski definition) is 4. The van der Waals surface area contributed by atoms with E-state index in [2.05, 4.69) is 0 Å². The predicted octanol–water partition coefficient (Wildman–Crippen LogP) is 4.25. The van der Waals surface area contributed by atoms with Gasteiger partial charge in [0.2, 0.25) is 0 Å². The molecule has 0 radical (unpaired) electrons. The third kappa shape index (κ3) is 3.68. The van der Waals surface area contributed by atoms with Crippen LogP contribution in [-0.4, -0.2) is 12.6 Å². The number of esters is 1. The fourth-order valence-electron chi connectivity index (χ4n) is 1.61. The molecule has 0 aromatic heterocycles. The molecule has 2 aromatic carbocycles. The number of hydrogen-bond donors (Lipinski definition) is 1. The number of carbonyl (C=O) groups is 1. The fourth-order valence-corrected chi connectivity index (χ4v) is 2.58. The van der Waals surface area contributed by atoms with E-state index in [0.717, 1.165) is 9.79 Å². The van der Waals surface area contributed by atoms with Gasteiger partial charge >= 0.3 is 5.97 Å². The lowest BCUT2D eigenvalue weighted by molar-refractivity contribution is 0.0526. The summed E-state index contributed by atoms with van der Waals surface area (Å²) in [7, 11) is 0. The summed E-state index contributed by atoms with van der Waals surface area (Å²) in [6, 6.07) is 12.7. The number of nitrogen functional groups attached to an aromatic ring is 1. The van der Waals surface area contributed by atoms with Crippen molar-refractivity contribution in [1.29, 1.82) is 0 Å². The maximum Gasteiger partial charge on any atom is 0.338 e. The van der Waals surface area contributed by atoms with Crippen molar-refractivity contribution in [3.63, 3.8) is 0 Å². The molecule has 2 rings (SSSR count). The van der Waals surface area contributed by atoms with E-state index in [9.17, 15) is 4.79 Å². The monoisotopic (exact) mass is 307 g/mol. The molecule has 0 atom stereocenters. The lowest BCUT2D eigenvalue weighted by Gasteiger charge is -2.08. The zero-order valence-electron chi connectivity index (χ0n) is 10.9. The van der Waals surface area contributed by atoms with Crippen LogP contribution in [0.2, 0.25) is 5.02 Å². The normalized spacial score (nSPS) is 10.3. The zero-order valence-corrected chi connectivity index (χ0v) is 12.5. The highest BCUT2D eigenvalue weighted by molar-refractivity contribution is 7.99. The van der Waals surface area contributed by atoms with Gasteiger partial charge in [0.15, 0.2) is 0 Å². The summed E-state index contributed by atoms with van der Waals surface area (Å²) in [5.41, 5.74) is 6.99. The van der Waals surface area contributed by atoms with Gasteiger partial charge < -0.3 is 10.5 Å². The van der Waals surface area contributed by atoms with Crippen LogP contribution in [0, 0.1) is 0 Å². The Balaban J connectivity index is 2.17. The topological polar surface area (TPSA) is 52.3 Å². The molecule has 0 amide bonds. The minimum Gasteiger partial charge on any atom is -0.462 e. The molecule has 0 fully saturated rings. The van der Waals surface area contributed by atoms with Crippen molar-refractivity contribution in [2.24, 2.45) is 0 Å². The van der Waals surface area contributed by atoms with Crippen LogP contribution in [0.25, 0.3) is 0 Å². The number of ether oxygens (including phenoxy) is 1. The Morgan fingerprint density at radius 3 is 2.55 bits per heavy atom. The van der Waals surface area contributed by atoms with Gasteiger partial charge in [0.25, 0.3) is 0 Å². The van der Waals surface area contributed by atoms with Crippen molar-refractivity contribution in [2.45, 2.75) is 16.7 Å². The molecule has 5 heteroatoms. The first-order valence-corrected chi connectivity index (χ1v) is 7.29. The molecule has 0 aliphatic rings. The second kappa shape index (κ2) is 6.68. The lowest BCUT2D eigenvalue weighted by Crippen LogP contribution is -2.05. The Morgan fingerprint density at radius 1 is 1.25 bits per heavy atom. The number of rotatable bonds is 4. The van der Waals surface area contributed by atoms with E-state index in [1.54, 1.807) is 19.1 Å². The Kier molecular flexibility index (Phi) is 4.93. The van der Waals surface area contributed by atoms with Crippen LogP contribution < -0.4 is 5.73 Å². The van der Waals surface area contributed by atoms with Crippen molar-refractivity contribution in [1.82, 2.24) is 0 Å². The van der Waals surface area contributed by atoms with Gasteiger partial charge in [-0.05, 0) is 49.4 Å². The minimum atomic E-state index is -0.359. The highest BCUT2D eigenvalue weighted by Gasteiger charge is 2.09. The Labute approximate surface area is 127 Å². The summed E-state index contributed by atoms with van der Waals surface area (Å²) in [5, 5.41) is 0.694. The third-order valence-electron chi connectivity index (χ3n) is 2.56. The quantitative estimate of drug-likeness (QED) is 0.677. The summed E-state index contributed by atoms with van der Waals surface area (Å²) in [4.78, 5) is 13.5. The summed E-state index contributed by atoms with van der Waals surface area (Å²) in [6.45, 7) is 2.12. The van der Waals surface area contributed by atoms with Gasteiger partial charge in [-0.15, -0.1) is 0 Å². The Hall–Kier alpha value is -1.65. The van der Waals surface area contributed by atoms with Gasteiger partial charge in [-0.2, -0.15) is 0 Å². The van der Waals surface area contributed by atoms with Gasteiger partial charge in [0.1, 0.15) is 0 Å². The van der Waals surface area contributed by atoms with Gasteiger partial charge in [-0.1, -0.05) is 23.4 Å². The average molecular weight is 308 g/mol. The largest absolute Gasteiger partial charge is 0.462 e. The first-order valence-electron chi connectivity index (χ1n) is 6.10. The first kappa shape index (κ1) is 14.8. The van der Waals surface area contributed by atoms with Gasteiger partial charge in [-0.25, -0.2) is 4.79 Å². The van der Waals surface area contributed by atoms with Crippen LogP contribution in [0.15, 0.2) is 52.3 Å². The van der Waals surface area contributed by atoms with Crippen molar-refractivity contribution in [3.8, 4) is 0 Å². The van der Waals surface area contributed by atoms with Crippen molar-refractivity contribution < 1.29 is 9.53 Å². The zero-order chi connectivity index (χ0) is 14.5. The SMILES string of the molecule is CCOC(=O)c1ccc(Sc2ccc(Cl)cc2)c(N)c1. The molecule has 0 unspecified atom stereocenters. The molecule has 104 valence electrons. The lowest BCUT2D eigenvalue weighted by atomic mass is 10.2. The summed E-state index contributed by atoms with van der Waals surface area (Å²) < 4.78 is 4.94. The maximum absolute atomic E-state index is 11.6. The standard InChI is InChI=1S/C15H14ClNO2S/c1-2-19-15(18)10-3-8-14(13(17)9-10)20-12-6-4-11(16)5-7-12/h3-9H,2,17H2,1H3. The van der Waals surface area contributed by atoms with Gasteiger partial charge in [0, 0.05) is 20.5 Å². The van der Waals surface area contributed by atoms with E-state index >= 15 is 0 Å². The highest BCUT2D eigenvalue weighted by atomic mass is 35.5. The van der Waals surface area contributed by atoms with E-state index in [1.165, 1.54) is 11.8 Å². The highest BCUT2D eigenvalue weighted by Crippen LogP contribution is 2.33. The minimum absolute atomic E-state index is 0.347. The molecule has 2 aromatic rings. The van der Waals surface area contributed by atoms with Crippen LogP contribution in [0.3, 0.4) is 0 Å². The second-order valence-corrected chi connectivity index (χ2v) is 5.58. The number of carbonyl (C=O) groups excluding carboxylic acids is 1. The Morgan fingerprint density at radius 2 is 1.95 bits per heavy atom. The van der Waals surface area contributed by atoms with Crippen LogP contribution in [0.4, 0.5) is 5.69 Å². The molecular weight excluding hydrogens is 294 g/mol. The number of anilines is 1. The molecule has 2 N–H and O–H groups in total. The summed E-state index contributed by atoms with van der Waals surface area (Å²) in [6.07, 6.45) is 0. The molecule has 3 nitrogen and oxygen atoms in total. The van der Waals surface area contributed by atoms with E-state index in [4.69, 9.17) is 22.1 Å². The maximum atomic E-state index is 11.6. The van der Waals surface area contributed by atoms with Crippen LogP contribution in [0.1, 0.15) is 17.3 Å². The van der Waals surface area contributed by atoms with E-state index < -0.39 is 0 Å². The molecule has 0 saturated heterocycles. The second-order valence-electron chi connectivity index (χ2n) is 4.03. The molecule has 0 saturated carbocycles. The molecule has 0 spiro atoms. The van der Waals surface area contributed by atoms with Crippen LogP contribution in [-0.2, 0) is 4.74 Å². The fraction of sp³-hybridized carbons (Fsp3) is 0.133. The Bertz CT molecular complexity index is 614. The third-order valence-corrected chi connectivity index (χ3v) is 3.91. The molecule has 0 heterocycles. The summed E-state index contributed by atoms with van der Waals surface area (Å²) in [5.74, 6) is -0.359. The van der Waals surface area contributed by atoms with Crippen LogP contribution in [0.5, 0.6) is 0 Å². The molecule has 0 aliphatic heterocycles. The predicted molar refractivity (Wildman–Crippen MR) is 82.4 cm³/mol. The van der Waals surface area contributed by atoms with E-state index in [-0.39, 0.29) is 5.97 Å². The van der Waals surface area contributed by atoms with Crippen molar-refractivity contribution >= 4 is 35.0 Å². The summed E-state index contributed by atoms with van der Waals surface area (Å²) >= 11 is 7.37. The number of halogens is 1. The molecular formula is C15H14ClNO2S.